The molecule has 2 nitrogen and oxygen atoms in total. The lowest BCUT2D eigenvalue weighted by Gasteiger charge is -2.23. The zero-order valence-corrected chi connectivity index (χ0v) is 9.72. The number of aryl methyl sites for hydroxylation is 1. The zero-order chi connectivity index (χ0) is 11.0. The number of hydrogen-bond acceptors (Lipinski definition) is 1. The molecule has 3 rings (SSSR count). The van der Waals surface area contributed by atoms with Crippen molar-refractivity contribution in [3.05, 3.63) is 35.5 Å². The van der Waals surface area contributed by atoms with Crippen LogP contribution in [0.5, 0.6) is 0 Å². The van der Waals surface area contributed by atoms with Gasteiger partial charge in [0, 0.05) is 16.6 Å². The fourth-order valence-corrected chi connectivity index (χ4v) is 2.94. The Kier molecular flexibility index (Phi) is 2.44. The molecule has 2 N–H and O–H groups in total. The number of fused-ring (bicyclic) bond motifs is 1. The van der Waals surface area contributed by atoms with E-state index in [0.29, 0.717) is 0 Å². The molecule has 0 unspecified atom stereocenters. The fourth-order valence-electron chi connectivity index (χ4n) is 2.94. The molecular formula is C14H18N2. The van der Waals surface area contributed by atoms with Gasteiger partial charge < -0.3 is 10.3 Å². The summed E-state index contributed by atoms with van der Waals surface area (Å²) in [5, 5.41) is 4.86. The highest BCUT2D eigenvalue weighted by Gasteiger charge is 2.20. The van der Waals surface area contributed by atoms with E-state index in [-0.39, 0.29) is 0 Å². The fraction of sp³-hybridized carbons (Fsp3) is 0.429. The van der Waals surface area contributed by atoms with Gasteiger partial charge in [0.2, 0.25) is 0 Å². The van der Waals surface area contributed by atoms with Crippen molar-refractivity contribution >= 4 is 10.9 Å². The minimum absolute atomic E-state index is 0.734. The summed E-state index contributed by atoms with van der Waals surface area (Å²) in [5.74, 6) is 0.734. The third-order valence-electron chi connectivity index (χ3n) is 3.69. The molecule has 0 spiro atoms. The molecule has 0 aliphatic carbocycles. The van der Waals surface area contributed by atoms with Gasteiger partial charge in [-0.2, -0.15) is 0 Å². The molecule has 2 aromatic rings. The van der Waals surface area contributed by atoms with Crippen LogP contribution < -0.4 is 5.32 Å². The second-order valence-corrected chi connectivity index (χ2v) is 4.73. The summed E-state index contributed by atoms with van der Waals surface area (Å²) in [6, 6.07) is 8.66. The number of rotatable bonds is 1. The first kappa shape index (κ1) is 9.91. The van der Waals surface area contributed by atoms with Gasteiger partial charge >= 0.3 is 0 Å². The number of aromatic nitrogens is 1. The summed E-state index contributed by atoms with van der Waals surface area (Å²) < 4.78 is 0. The van der Waals surface area contributed by atoms with Gasteiger partial charge in [0.25, 0.3) is 0 Å². The quantitative estimate of drug-likeness (QED) is 0.750. The van der Waals surface area contributed by atoms with Gasteiger partial charge in [-0.3, -0.25) is 0 Å². The molecule has 0 bridgehead atoms. The number of para-hydroxylation sites is 1. The van der Waals surface area contributed by atoms with E-state index in [1.54, 1.807) is 5.56 Å². The lowest BCUT2D eigenvalue weighted by Crippen LogP contribution is -2.26. The van der Waals surface area contributed by atoms with Gasteiger partial charge in [-0.15, -0.1) is 0 Å². The van der Waals surface area contributed by atoms with Crippen LogP contribution >= 0.6 is 0 Å². The van der Waals surface area contributed by atoms with Crippen LogP contribution in [-0.4, -0.2) is 18.1 Å². The molecule has 1 aromatic heterocycles. The first-order valence-corrected chi connectivity index (χ1v) is 6.14. The largest absolute Gasteiger partial charge is 0.358 e. The molecule has 0 radical (unpaired) electrons. The van der Waals surface area contributed by atoms with Crippen molar-refractivity contribution in [3.8, 4) is 0 Å². The Balaban J connectivity index is 2.10. The van der Waals surface area contributed by atoms with Crippen LogP contribution in [0.2, 0.25) is 0 Å². The summed E-state index contributed by atoms with van der Waals surface area (Å²) in [5.41, 5.74) is 4.19. The maximum absolute atomic E-state index is 3.50. The molecule has 1 fully saturated rings. The van der Waals surface area contributed by atoms with E-state index < -0.39 is 0 Å². The topological polar surface area (TPSA) is 27.8 Å². The van der Waals surface area contributed by atoms with Crippen LogP contribution in [-0.2, 0) is 0 Å². The van der Waals surface area contributed by atoms with Gasteiger partial charge in [0.15, 0.2) is 0 Å². The predicted molar refractivity (Wildman–Crippen MR) is 67.9 cm³/mol. The van der Waals surface area contributed by atoms with Crippen molar-refractivity contribution in [2.45, 2.75) is 25.7 Å². The van der Waals surface area contributed by atoms with Gasteiger partial charge in [-0.05, 0) is 50.4 Å². The highest BCUT2D eigenvalue weighted by Crippen LogP contribution is 2.33. The maximum atomic E-state index is 3.50. The van der Waals surface area contributed by atoms with Crippen molar-refractivity contribution in [1.29, 1.82) is 0 Å². The lowest BCUT2D eigenvalue weighted by molar-refractivity contribution is 0.461. The molecule has 1 saturated heterocycles. The van der Waals surface area contributed by atoms with Crippen LogP contribution in [0.4, 0.5) is 0 Å². The Morgan fingerprint density at radius 3 is 2.69 bits per heavy atom. The van der Waals surface area contributed by atoms with E-state index in [1.165, 1.54) is 29.4 Å². The minimum Gasteiger partial charge on any atom is -0.358 e. The third-order valence-corrected chi connectivity index (χ3v) is 3.69. The Morgan fingerprint density at radius 1 is 1.12 bits per heavy atom. The zero-order valence-electron chi connectivity index (χ0n) is 9.72. The van der Waals surface area contributed by atoms with E-state index in [1.807, 2.05) is 0 Å². The van der Waals surface area contributed by atoms with Crippen molar-refractivity contribution in [1.82, 2.24) is 10.3 Å². The number of benzene rings is 1. The summed E-state index contributed by atoms with van der Waals surface area (Å²) >= 11 is 0. The monoisotopic (exact) mass is 214 g/mol. The standard InChI is InChI=1S/C14H18N2/c1-10-14(11-6-8-15-9-7-11)12-4-2-3-5-13(12)16-10/h2-5,11,15-16H,6-9H2,1H3. The SMILES string of the molecule is Cc1[nH]c2ccccc2c1C1CCNCC1. The van der Waals surface area contributed by atoms with Crippen LogP contribution in [0, 0.1) is 6.92 Å². The van der Waals surface area contributed by atoms with E-state index in [4.69, 9.17) is 0 Å². The Morgan fingerprint density at radius 2 is 1.88 bits per heavy atom. The van der Waals surface area contributed by atoms with Gasteiger partial charge in [-0.1, -0.05) is 18.2 Å². The summed E-state index contributed by atoms with van der Waals surface area (Å²) in [6.45, 7) is 4.52. The molecule has 0 amide bonds. The minimum atomic E-state index is 0.734. The molecule has 16 heavy (non-hydrogen) atoms. The number of piperidine rings is 1. The van der Waals surface area contributed by atoms with Crippen LogP contribution in [0.15, 0.2) is 24.3 Å². The Hall–Kier alpha value is -1.28. The van der Waals surface area contributed by atoms with E-state index in [9.17, 15) is 0 Å². The van der Waals surface area contributed by atoms with Crippen LogP contribution in [0.1, 0.15) is 30.0 Å². The summed E-state index contributed by atoms with van der Waals surface area (Å²) in [6.07, 6.45) is 2.53. The number of H-pyrrole nitrogens is 1. The molecule has 1 aromatic carbocycles. The van der Waals surface area contributed by atoms with Crippen molar-refractivity contribution in [2.24, 2.45) is 0 Å². The van der Waals surface area contributed by atoms with Gasteiger partial charge in [-0.25, -0.2) is 0 Å². The molecule has 84 valence electrons. The first-order valence-electron chi connectivity index (χ1n) is 6.14. The number of nitrogens with one attached hydrogen (secondary N) is 2. The highest BCUT2D eigenvalue weighted by atomic mass is 14.9. The maximum Gasteiger partial charge on any atom is 0.0458 e. The third kappa shape index (κ3) is 1.54. The van der Waals surface area contributed by atoms with Crippen molar-refractivity contribution in [3.63, 3.8) is 0 Å². The molecule has 2 heterocycles. The number of aromatic amines is 1. The van der Waals surface area contributed by atoms with Gasteiger partial charge in [0.05, 0.1) is 0 Å². The Bertz CT molecular complexity index is 492. The number of hydrogen-bond donors (Lipinski definition) is 2. The summed E-state index contributed by atoms with van der Waals surface area (Å²) in [7, 11) is 0. The van der Waals surface area contributed by atoms with Crippen molar-refractivity contribution < 1.29 is 0 Å². The lowest BCUT2D eigenvalue weighted by atomic mass is 9.88. The molecule has 2 heteroatoms. The van der Waals surface area contributed by atoms with Crippen LogP contribution in [0.3, 0.4) is 0 Å². The highest BCUT2D eigenvalue weighted by molar-refractivity contribution is 5.85. The summed E-state index contributed by atoms with van der Waals surface area (Å²) in [4.78, 5) is 3.50. The molecule has 1 aliphatic heterocycles. The second kappa shape index (κ2) is 3.95. The van der Waals surface area contributed by atoms with Gasteiger partial charge in [0.1, 0.15) is 0 Å². The van der Waals surface area contributed by atoms with E-state index in [0.717, 1.165) is 19.0 Å². The van der Waals surface area contributed by atoms with E-state index >= 15 is 0 Å². The molecular weight excluding hydrogens is 196 g/mol. The molecule has 0 atom stereocenters. The van der Waals surface area contributed by atoms with Crippen molar-refractivity contribution in [2.75, 3.05) is 13.1 Å². The predicted octanol–water partition coefficient (Wildman–Crippen LogP) is 2.94. The smallest absolute Gasteiger partial charge is 0.0458 e. The second-order valence-electron chi connectivity index (χ2n) is 4.73. The molecule has 1 aliphatic rings. The first-order chi connectivity index (χ1) is 7.86. The average Bonchev–Trinajstić information content (AvgIpc) is 2.66. The molecule has 0 saturated carbocycles. The average molecular weight is 214 g/mol. The van der Waals surface area contributed by atoms with Crippen LogP contribution in [0.25, 0.3) is 10.9 Å². The van der Waals surface area contributed by atoms with E-state index in [2.05, 4.69) is 41.5 Å². The Labute approximate surface area is 96.1 Å². The normalized spacial score (nSPS) is 18.1.